The first-order valence-electron chi connectivity index (χ1n) is 23.5. The van der Waals surface area contributed by atoms with E-state index in [0.29, 0.717) is 32.1 Å². The highest BCUT2D eigenvalue weighted by Gasteiger charge is 2.45. The van der Waals surface area contributed by atoms with Gasteiger partial charge in [0, 0.05) is 63.1 Å². The van der Waals surface area contributed by atoms with Gasteiger partial charge in [-0.25, -0.2) is 4.98 Å². The van der Waals surface area contributed by atoms with E-state index in [1.165, 1.54) is 0 Å². The number of hydrogen-bond donors (Lipinski definition) is 2. The fourth-order valence-electron chi connectivity index (χ4n) is 11.0. The number of esters is 1. The number of H-pyrrole nitrogens is 2. The maximum atomic E-state index is 13.8. The molecule has 7 aromatic rings. The third kappa shape index (κ3) is 7.83. The zero-order chi connectivity index (χ0) is 43.7. The molecule has 3 atom stereocenters. The number of nitrogens with zero attached hydrogens (tertiary/aromatic N) is 2. The van der Waals surface area contributed by atoms with Gasteiger partial charge in [0.05, 0.1) is 22.8 Å². The van der Waals surface area contributed by atoms with Crippen LogP contribution in [0, 0.1) is 5.92 Å². The predicted octanol–water partition coefficient (Wildman–Crippen LogP) is 13.9. The number of ether oxygens (including phenoxy) is 1. The number of fused-ring (bicyclic) bond motifs is 8. The molecule has 0 unspecified atom stereocenters. The summed E-state index contributed by atoms with van der Waals surface area (Å²) >= 11 is 0. The van der Waals surface area contributed by atoms with Crippen LogP contribution in [0.5, 0.6) is 0 Å². The van der Waals surface area contributed by atoms with E-state index in [4.69, 9.17) is 14.7 Å². The van der Waals surface area contributed by atoms with Gasteiger partial charge in [0.1, 0.15) is 0 Å². The smallest absolute Gasteiger partial charge is 0.306 e. The first kappa shape index (κ1) is 40.6. The van der Waals surface area contributed by atoms with Crippen molar-refractivity contribution in [1.29, 1.82) is 0 Å². The lowest BCUT2D eigenvalue weighted by molar-refractivity contribution is -0.172. The lowest BCUT2D eigenvalue weighted by Gasteiger charge is -2.37. The lowest BCUT2D eigenvalue weighted by Crippen LogP contribution is -2.46. The summed E-state index contributed by atoms with van der Waals surface area (Å²) in [6.07, 6.45) is 12.0. The summed E-state index contributed by atoms with van der Waals surface area (Å²) < 4.78 is 6.25. The van der Waals surface area contributed by atoms with Gasteiger partial charge in [-0.05, 0) is 116 Å². The molecule has 322 valence electrons. The first-order valence-corrected chi connectivity index (χ1v) is 23.5. The summed E-state index contributed by atoms with van der Waals surface area (Å²) in [4.78, 5) is 46.3. The average molecular weight is 853 g/mol. The molecule has 4 aliphatic rings. The van der Waals surface area contributed by atoms with Crippen molar-refractivity contribution in [3.05, 3.63) is 168 Å². The number of ketones is 1. The van der Waals surface area contributed by atoms with Gasteiger partial charge in [-0.15, -0.1) is 0 Å². The van der Waals surface area contributed by atoms with Crippen LogP contribution in [0.25, 0.3) is 78.7 Å². The third-order valence-electron chi connectivity index (χ3n) is 14.2. The highest BCUT2D eigenvalue weighted by atomic mass is 16.6. The molecule has 7 heteroatoms. The second-order valence-electron chi connectivity index (χ2n) is 18.1. The molecule has 1 saturated heterocycles. The molecule has 0 amide bonds. The van der Waals surface area contributed by atoms with Crippen molar-refractivity contribution in [2.45, 2.75) is 82.1 Å². The van der Waals surface area contributed by atoms with Crippen molar-refractivity contribution in [2.75, 3.05) is 0 Å². The molecule has 2 N–H and O–H groups in total. The van der Waals surface area contributed by atoms with E-state index in [2.05, 4.69) is 168 Å². The molecule has 65 heavy (non-hydrogen) atoms. The minimum atomic E-state index is -1.05. The lowest BCUT2D eigenvalue weighted by atomic mass is 9.73. The molecule has 1 aliphatic carbocycles. The van der Waals surface area contributed by atoms with E-state index in [0.717, 1.165) is 128 Å². The number of benzene rings is 4. The van der Waals surface area contributed by atoms with Crippen molar-refractivity contribution in [3.8, 4) is 44.5 Å². The van der Waals surface area contributed by atoms with Crippen molar-refractivity contribution in [1.82, 2.24) is 19.9 Å². The topological polar surface area (TPSA) is 101 Å². The Morgan fingerprint density at radius 1 is 0.492 bits per heavy atom. The van der Waals surface area contributed by atoms with Crippen molar-refractivity contribution >= 4 is 46.0 Å². The van der Waals surface area contributed by atoms with Crippen molar-refractivity contribution < 1.29 is 14.3 Å². The average Bonchev–Trinajstić information content (AvgIpc) is 4.19. The molecule has 6 heterocycles. The van der Waals surface area contributed by atoms with Crippen LogP contribution in [-0.2, 0) is 20.7 Å². The summed E-state index contributed by atoms with van der Waals surface area (Å²) in [5.74, 6) is 0.0217. The number of carbonyl (C=O) groups excluding carboxylic acids is 2. The van der Waals surface area contributed by atoms with Gasteiger partial charge in [-0.2, -0.15) is 0 Å². The summed E-state index contributed by atoms with van der Waals surface area (Å²) in [6.45, 7) is 0. The Bertz CT molecular complexity index is 3100. The Hall–Kier alpha value is -7.12. The molecule has 11 rings (SSSR count). The summed E-state index contributed by atoms with van der Waals surface area (Å²) in [7, 11) is 0. The van der Waals surface area contributed by atoms with Gasteiger partial charge in [0.15, 0.2) is 11.4 Å². The summed E-state index contributed by atoms with van der Waals surface area (Å²) in [5.41, 5.74) is 15.2. The normalized spacial score (nSPS) is 20.1. The first-order chi connectivity index (χ1) is 32.0. The predicted molar refractivity (Wildman–Crippen MR) is 262 cm³/mol. The van der Waals surface area contributed by atoms with Gasteiger partial charge < -0.3 is 14.7 Å². The van der Waals surface area contributed by atoms with E-state index in [1.54, 1.807) is 0 Å². The maximum Gasteiger partial charge on any atom is 0.306 e. The van der Waals surface area contributed by atoms with E-state index >= 15 is 0 Å². The van der Waals surface area contributed by atoms with Crippen LogP contribution in [0.2, 0.25) is 0 Å². The third-order valence-corrected chi connectivity index (χ3v) is 14.2. The molecule has 8 bridgehead atoms. The zero-order valence-corrected chi connectivity index (χ0v) is 36.6. The Balaban J connectivity index is 1.23. The molecule has 7 nitrogen and oxygen atoms in total. The molecule has 1 spiro atoms. The highest BCUT2D eigenvalue weighted by molar-refractivity contribution is 5.98. The van der Waals surface area contributed by atoms with Crippen LogP contribution in [0.4, 0.5) is 0 Å². The molecule has 0 radical (unpaired) electrons. The standard InChI is InChI=1S/C58H52N4O3/c63-51-26-15-16-35-58(51)36-34-38(17-13-14-27-52(64)65-58)43-37-50-55(41-22-9-3-10-23-41)48-31-30-46(60-48)53(39-18-5-1-6-19-39)44-28-29-45(59-44)54(40-20-7-2-8-21-40)47-32-33-49(61-47)56(57(43)62-50)42-24-11-4-12-25-42/h1-12,18-25,28-33,38,43,59-60H,13-17,26-27,34-37H2/t38-,43-,58+/m1/s1. The quantitative estimate of drug-likeness (QED) is 0.168. The molecule has 3 aromatic heterocycles. The fraction of sp³-hybridized carbons (Fsp3) is 0.241. The van der Waals surface area contributed by atoms with E-state index in [-0.39, 0.29) is 23.6 Å². The van der Waals surface area contributed by atoms with Crippen LogP contribution in [0.15, 0.2) is 146 Å². The minimum absolute atomic E-state index is 0.00427. The second-order valence-corrected chi connectivity index (χ2v) is 18.1. The molecule has 2 fully saturated rings. The number of aromatic amines is 2. The zero-order valence-electron chi connectivity index (χ0n) is 36.6. The number of nitrogens with one attached hydrogen (secondary N) is 2. The number of aromatic nitrogens is 4. The van der Waals surface area contributed by atoms with Crippen LogP contribution in [0.1, 0.15) is 92.9 Å². The van der Waals surface area contributed by atoms with Crippen molar-refractivity contribution in [3.63, 3.8) is 0 Å². The van der Waals surface area contributed by atoms with Crippen LogP contribution in [-0.4, -0.2) is 37.3 Å². The highest BCUT2D eigenvalue weighted by Crippen LogP contribution is 2.47. The van der Waals surface area contributed by atoms with E-state index in [9.17, 15) is 9.59 Å². The molecule has 1 saturated carbocycles. The SMILES string of the molecule is O=C1CCCC[C@@H]([C@H]2Cc3nc2c(-c2ccccc2)c2nc(c(-c4ccccc4)c4ccc([nH]4)c(-c4ccccc4)c4ccc([nH]4)c3-c3ccccc3)C=C2)CC[C@]2(CCCCC2=O)O1. The van der Waals surface area contributed by atoms with Gasteiger partial charge >= 0.3 is 5.97 Å². The monoisotopic (exact) mass is 852 g/mol. The maximum absolute atomic E-state index is 13.8. The molecular weight excluding hydrogens is 801 g/mol. The minimum Gasteiger partial charge on any atom is -0.451 e. The Labute approximate surface area is 379 Å². The van der Waals surface area contributed by atoms with Gasteiger partial charge in [-0.3, -0.25) is 14.6 Å². The second kappa shape index (κ2) is 17.5. The Morgan fingerprint density at radius 3 is 1.60 bits per heavy atom. The van der Waals surface area contributed by atoms with Gasteiger partial charge in [-0.1, -0.05) is 128 Å². The number of rotatable bonds is 5. The Kier molecular flexibility index (Phi) is 10.9. The molecular formula is C58H52N4O3. The Morgan fingerprint density at radius 2 is 1.00 bits per heavy atom. The molecule has 3 aliphatic heterocycles. The van der Waals surface area contributed by atoms with Gasteiger partial charge in [0.2, 0.25) is 0 Å². The van der Waals surface area contributed by atoms with E-state index < -0.39 is 5.60 Å². The molecule has 4 aromatic carbocycles. The van der Waals surface area contributed by atoms with Gasteiger partial charge in [0.25, 0.3) is 0 Å². The van der Waals surface area contributed by atoms with Crippen LogP contribution in [0.3, 0.4) is 0 Å². The summed E-state index contributed by atoms with van der Waals surface area (Å²) in [6, 6.07) is 51.2. The number of hydrogen-bond acceptors (Lipinski definition) is 5. The number of carbonyl (C=O) groups is 2. The van der Waals surface area contributed by atoms with E-state index in [1.807, 2.05) is 0 Å². The largest absolute Gasteiger partial charge is 0.451 e. The fourth-order valence-corrected chi connectivity index (χ4v) is 11.0. The van der Waals surface area contributed by atoms with Crippen LogP contribution < -0.4 is 0 Å². The van der Waals surface area contributed by atoms with Crippen molar-refractivity contribution in [2.24, 2.45) is 5.92 Å². The van der Waals surface area contributed by atoms with Crippen LogP contribution >= 0.6 is 0 Å². The summed E-state index contributed by atoms with van der Waals surface area (Å²) in [5, 5.41) is 0. The number of Topliss-reactive ketones (excluding diaryl/α,β-unsaturated/α-hetero) is 1.